The van der Waals surface area contributed by atoms with Crippen LogP contribution in [0.25, 0.3) is 0 Å². The molecule has 0 amide bonds. The number of nitrogens with one attached hydrogen (secondary N) is 1. The van der Waals surface area contributed by atoms with Crippen LogP contribution >= 0.6 is 11.3 Å². The number of nitrogen functional groups attached to an aromatic ring is 1. The van der Waals surface area contributed by atoms with Crippen molar-refractivity contribution in [3.63, 3.8) is 0 Å². The van der Waals surface area contributed by atoms with Crippen molar-refractivity contribution in [3.8, 4) is 6.07 Å². The van der Waals surface area contributed by atoms with Crippen molar-refractivity contribution >= 4 is 28.0 Å². The third-order valence-electron chi connectivity index (χ3n) is 1.96. The number of nitrogens with two attached hydrogens (primary N) is 1. The average molecular weight is 239 g/mol. The molecular formula is C10H13N3O2S. The lowest BCUT2D eigenvalue weighted by Gasteiger charge is -2.00. The van der Waals surface area contributed by atoms with E-state index in [9.17, 15) is 4.79 Å². The van der Waals surface area contributed by atoms with Crippen LogP contribution in [0.4, 0.5) is 10.7 Å². The van der Waals surface area contributed by atoms with Crippen molar-refractivity contribution in [2.45, 2.75) is 13.3 Å². The van der Waals surface area contributed by atoms with Gasteiger partial charge in [0.15, 0.2) is 0 Å². The molecule has 0 fully saturated rings. The van der Waals surface area contributed by atoms with Gasteiger partial charge in [-0.05, 0) is 6.42 Å². The van der Waals surface area contributed by atoms with E-state index in [0.717, 1.165) is 24.3 Å². The summed E-state index contributed by atoms with van der Waals surface area (Å²) < 4.78 is 4.59. The van der Waals surface area contributed by atoms with Crippen LogP contribution < -0.4 is 11.1 Å². The molecule has 0 aromatic carbocycles. The summed E-state index contributed by atoms with van der Waals surface area (Å²) in [5.74, 6) is -0.511. The van der Waals surface area contributed by atoms with Crippen LogP contribution in [-0.4, -0.2) is 19.6 Å². The molecule has 0 spiro atoms. The minimum absolute atomic E-state index is 0.193. The number of ether oxygens (including phenoxy) is 1. The lowest BCUT2D eigenvalue weighted by molar-refractivity contribution is 0.0607. The molecule has 0 saturated carbocycles. The summed E-state index contributed by atoms with van der Waals surface area (Å²) in [4.78, 5) is 11.6. The first kappa shape index (κ1) is 12.3. The fourth-order valence-corrected chi connectivity index (χ4v) is 2.18. The summed E-state index contributed by atoms with van der Waals surface area (Å²) in [6.45, 7) is 2.74. The summed E-state index contributed by atoms with van der Waals surface area (Å²) in [5, 5.41) is 12.6. The monoisotopic (exact) mass is 239 g/mol. The highest BCUT2D eigenvalue weighted by molar-refractivity contribution is 7.18. The van der Waals surface area contributed by atoms with Gasteiger partial charge in [-0.25, -0.2) is 4.79 Å². The third kappa shape index (κ3) is 2.25. The van der Waals surface area contributed by atoms with Gasteiger partial charge in [-0.2, -0.15) is 5.26 Å². The molecule has 1 rings (SSSR count). The van der Waals surface area contributed by atoms with E-state index in [2.05, 4.69) is 10.1 Å². The number of methoxy groups -OCH3 is 1. The second-order valence-electron chi connectivity index (χ2n) is 3.08. The molecule has 3 N–H and O–H groups in total. The van der Waals surface area contributed by atoms with E-state index < -0.39 is 5.97 Å². The topological polar surface area (TPSA) is 88.1 Å². The molecule has 5 nitrogen and oxygen atoms in total. The molecule has 0 aliphatic carbocycles. The molecule has 1 heterocycles. The summed E-state index contributed by atoms with van der Waals surface area (Å²) in [6, 6.07) is 1.99. The van der Waals surface area contributed by atoms with Gasteiger partial charge in [0.05, 0.1) is 12.8 Å². The summed E-state index contributed by atoms with van der Waals surface area (Å²) in [5.41, 5.74) is 6.22. The number of nitriles is 1. The van der Waals surface area contributed by atoms with Crippen molar-refractivity contribution < 1.29 is 9.53 Å². The molecule has 1 aromatic heterocycles. The zero-order valence-corrected chi connectivity index (χ0v) is 9.98. The number of rotatable bonds is 4. The number of thiophene rings is 1. The maximum atomic E-state index is 11.4. The van der Waals surface area contributed by atoms with Crippen LogP contribution in [0.5, 0.6) is 0 Å². The normalized spacial score (nSPS) is 9.56. The van der Waals surface area contributed by atoms with Crippen LogP contribution in [0, 0.1) is 11.3 Å². The summed E-state index contributed by atoms with van der Waals surface area (Å²) in [6.07, 6.45) is 0.927. The fourth-order valence-electron chi connectivity index (χ4n) is 1.16. The average Bonchev–Trinajstić information content (AvgIpc) is 2.62. The quantitative estimate of drug-likeness (QED) is 0.782. The number of carbonyl (C=O) groups excluding carboxylic acids is 1. The second-order valence-corrected chi connectivity index (χ2v) is 4.10. The van der Waals surface area contributed by atoms with Gasteiger partial charge in [-0.15, -0.1) is 11.3 Å². The maximum absolute atomic E-state index is 11.4. The Kier molecular flexibility index (Phi) is 4.14. The molecule has 0 aliphatic rings. The molecule has 86 valence electrons. The maximum Gasteiger partial charge on any atom is 0.350 e. The smallest absolute Gasteiger partial charge is 0.350 e. The SMILES string of the molecule is CCCNc1sc(C(=O)OC)c(N)c1C#N. The zero-order chi connectivity index (χ0) is 12.1. The van der Waals surface area contributed by atoms with Crippen molar-refractivity contribution in [1.82, 2.24) is 0 Å². The number of nitrogens with zero attached hydrogens (tertiary/aromatic N) is 1. The molecule has 6 heteroatoms. The largest absolute Gasteiger partial charge is 0.465 e. The van der Waals surface area contributed by atoms with Gasteiger partial charge in [-0.1, -0.05) is 6.92 Å². The first-order chi connectivity index (χ1) is 7.65. The second kappa shape index (κ2) is 5.37. The van der Waals surface area contributed by atoms with E-state index >= 15 is 0 Å². The molecule has 1 aromatic rings. The molecule has 0 aliphatic heterocycles. The molecule has 0 unspecified atom stereocenters. The summed E-state index contributed by atoms with van der Waals surface area (Å²) in [7, 11) is 1.28. The number of carbonyl (C=O) groups is 1. The standard InChI is InChI=1S/C10H13N3O2S/c1-3-4-13-9-6(5-11)7(12)8(16-9)10(14)15-2/h13H,3-4,12H2,1-2H3. The van der Waals surface area contributed by atoms with Crippen molar-refractivity contribution in [2.24, 2.45) is 0 Å². The minimum atomic E-state index is -0.511. The van der Waals surface area contributed by atoms with Gasteiger partial charge in [-0.3, -0.25) is 0 Å². The van der Waals surface area contributed by atoms with Crippen molar-refractivity contribution in [3.05, 3.63) is 10.4 Å². The summed E-state index contributed by atoms with van der Waals surface area (Å²) >= 11 is 1.15. The Balaban J connectivity index is 3.11. The van der Waals surface area contributed by atoms with E-state index in [1.54, 1.807) is 0 Å². The van der Waals surface area contributed by atoms with Crippen molar-refractivity contribution in [2.75, 3.05) is 24.7 Å². The van der Waals surface area contributed by atoms with Crippen LogP contribution in [0.3, 0.4) is 0 Å². The Morgan fingerprint density at radius 3 is 2.88 bits per heavy atom. The number of esters is 1. The first-order valence-corrected chi connectivity index (χ1v) is 5.61. The van der Waals surface area contributed by atoms with Gasteiger partial charge in [0.2, 0.25) is 0 Å². The van der Waals surface area contributed by atoms with Gasteiger partial charge in [0.1, 0.15) is 21.5 Å². The number of anilines is 2. The van der Waals surface area contributed by atoms with Gasteiger partial charge < -0.3 is 15.8 Å². The molecular weight excluding hydrogens is 226 g/mol. The van der Waals surface area contributed by atoms with Crippen molar-refractivity contribution in [1.29, 1.82) is 5.26 Å². The number of hydrogen-bond acceptors (Lipinski definition) is 6. The fraction of sp³-hybridized carbons (Fsp3) is 0.400. The van der Waals surface area contributed by atoms with Crippen LogP contribution in [-0.2, 0) is 4.74 Å². The van der Waals surface area contributed by atoms with Crippen LogP contribution in [0.15, 0.2) is 0 Å². The number of hydrogen-bond donors (Lipinski definition) is 2. The zero-order valence-electron chi connectivity index (χ0n) is 9.16. The lowest BCUT2D eigenvalue weighted by atomic mass is 10.2. The Morgan fingerprint density at radius 2 is 2.38 bits per heavy atom. The predicted molar refractivity (Wildman–Crippen MR) is 63.6 cm³/mol. The Hall–Kier alpha value is -1.74. The highest BCUT2D eigenvalue weighted by Gasteiger charge is 2.21. The highest BCUT2D eigenvalue weighted by atomic mass is 32.1. The van der Waals surface area contributed by atoms with E-state index in [4.69, 9.17) is 11.0 Å². The van der Waals surface area contributed by atoms with E-state index in [-0.39, 0.29) is 10.6 Å². The van der Waals surface area contributed by atoms with Crippen LogP contribution in [0.1, 0.15) is 28.6 Å². The first-order valence-electron chi connectivity index (χ1n) is 4.80. The van der Waals surface area contributed by atoms with Gasteiger partial charge in [0, 0.05) is 6.54 Å². The Labute approximate surface area is 97.8 Å². The highest BCUT2D eigenvalue weighted by Crippen LogP contribution is 2.35. The molecule has 0 bridgehead atoms. The van der Waals surface area contributed by atoms with E-state index in [1.807, 2.05) is 13.0 Å². The van der Waals surface area contributed by atoms with Gasteiger partial charge >= 0.3 is 5.97 Å². The van der Waals surface area contributed by atoms with Gasteiger partial charge in [0.25, 0.3) is 0 Å². The third-order valence-corrected chi connectivity index (χ3v) is 3.11. The van der Waals surface area contributed by atoms with Crippen LogP contribution in [0.2, 0.25) is 0 Å². The van der Waals surface area contributed by atoms with E-state index in [1.165, 1.54) is 7.11 Å². The minimum Gasteiger partial charge on any atom is -0.465 e. The molecule has 0 atom stereocenters. The molecule has 16 heavy (non-hydrogen) atoms. The molecule has 0 saturated heterocycles. The Bertz CT molecular complexity index is 434. The Morgan fingerprint density at radius 1 is 1.69 bits per heavy atom. The predicted octanol–water partition coefficient (Wildman–Crippen LogP) is 1.81. The lowest BCUT2D eigenvalue weighted by Crippen LogP contribution is -2.02. The molecule has 0 radical (unpaired) electrons. The van der Waals surface area contributed by atoms with E-state index in [0.29, 0.717) is 10.6 Å².